The Hall–Kier alpha value is -2.51. The second-order valence-corrected chi connectivity index (χ2v) is 7.16. The molecule has 0 aliphatic rings. The smallest absolute Gasteiger partial charge is 0.421 e. The Morgan fingerprint density at radius 2 is 1.83 bits per heavy atom. The fourth-order valence-corrected chi connectivity index (χ4v) is 2.81. The maximum absolute atomic E-state index is 13.6. The molecule has 1 heterocycles. The van der Waals surface area contributed by atoms with Gasteiger partial charge in [-0.3, -0.25) is 0 Å². The molecule has 0 amide bonds. The van der Waals surface area contributed by atoms with E-state index in [2.05, 4.69) is 16.9 Å². The molecule has 0 aliphatic carbocycles. The molecule has 8 heteroatoms. The van der Waals surface area contributed by atoms with Crippen LogP contribution in [-0.2, 0) is 6.18 Å². The third-order valence-corrected chi connectivity index (χ3v) is 4.73. The summed E-state index contributed by atoms with van der Waals surface area (Å²) in [5.41, 5.74) is -0.439. The zero-order valence-electron chi connectivity index (χ0n) is 18.0. The minimum atomic E-state index is -4.60. The molecule has 0 saturated heterocycles. The molecule has 30 heavy (non-hydrogen) atoms. The van der Waals surface area contributed by atoms with E-state index in [9.17, 15) is 13.2 Å². The van der Waals surface area contributed by atoms with Crippen LogP contribution in [0.1, 0.15) is 58.4 Å². The van der Waals surface area contributed by atoms with Gasteiger partial charge >= 0.3 is 12.2 Å². The molecule has 2 aromatic rings. The van der Waals surface area contributed by atoms with E-state index >= 15 is 0 Å². The third kappa shape index (κ3) is 6.50. The second kappa shape index (κ2) is 11.0. The standard InChI is InChI=1S/C22H30F3N3O2/c1-5-7-8-11-14-29-19-13-10-9-12-18(19)28(4)20-17(22(23,24)25)15-26-21(27-20)30-16(3)6-2/h9-10,12-13,15-16H,5-8,11,14H2,1-4H3. The first kappa shape index (κ1) is 23.8. The molecule has 0 fully saturated rings. The van der Waals surface area contributed by atoms with Gasteiger partial charge in [-0.2, -0.15) is 18.2 Å². The fraction of sp³-hybridized carbons (Fsp3) is 0.545. The van der Waals surface area contributed by atoms with Crippen LogP contribution in [0, 0.1) is 0 Å². The molecule has 1 aromatic carbocycles. The molecule has 0 saturated carbocycles. The number of hydrogen-bond acceptors (Lipinski definition) is 5. The maximum Gasteiger partial charge on any atom is 0.421 e. The summed E-state index contributed by atoms with van der Waals surface area (Å²) in [5.74, 6) is 0.227. The second-order valence-electron chi connectivity index (χ2n) is 7.16. The zero-order valence-corrected chi connectivity index (χ0v) is 18.0. The summed E-state index contributed by atoms with van der Waals surface area (Å²) in [6.07, 6.45) is 0.825. The molecular formula is C22H30F3N3O2. The van der Waals surface area contributed by atoms with Crippen LogP contribution in [0.15, 0.2) is 30.5 Å². The van der Waals surface area contributed by atoms with Gasteiger partial charge in [0.2, 0.25) is 0 Å². The predicted molar refractivity (Wildman–Crippen MR) is 112 cm³/mol. The van der Waals surface area contributed by atoms with Gasteiger partial charge < -0.3 is 14.4 Å². The van der Waals surface area contributed by atoms with Crippen molar-refractivity contribution in [3.8, 4) is 11.8 Å². The highest BCUT2D eigenvalue weighted by Gasteiger charge is 2.37. The summed E-state index contributed by atoms with van der Waals surface area (Å²) in [5, 5.41) is 0. The minimum absolute atomic E-state index is 0.0860. The largest absolute Gasteiger partial charge is 0.491 e. The number of halogens is 3. The van der Waals surface area contributed by atoms with Gasteiger partial charge in [-0.05, 0) is 31.9 Å². The van der Waals surface area contributed by atoms with Crippen LogP contribution in [0.4, 0.5) is 24.7 Å². The molecule has 0 spiro atoms. The summed E-state index contributed by atoms with van der Waals surface area (Å²) in [4.78, 5) is 9.21. The van der Waals surface area contributed by atoms with Gasteiger partial charge in [0, 0.05) is 13.2 Å². The van der Waals surface area contributed by atoms with E-state index in [0.717, 1.165) is 31.9 Å². The average Bonchev–Trinajstić information content (AvgIpc) is 2.72. The number of nitrogens with zero attached hydrogens (tertiary/aromatic N) is 3. The van der Waals surface area contributed by atoms with Crippen LogP contribution in [-0.4, -0.2) is 29.7 Å². The van der Waals surface area contributed by atoms with Gasteiger partial charge in [-0.1, -0.05) is 45.2 Å². The van der Waals surface area contributed by atoms with Crippen LogP contribution in [0.5, 0.6) is 11.8 Å². The number of aromatic nitrogens is 2. The average molecular weight is 425 g/mol. The van der Waals surface area contributed by atoms with Gasteiger partial charge in [0.05, 0.1) is 18.4 Å². The van der Waals surface area contributed by atoms with Gasteiger partial charge in [-0.25, -0.2) is 4.98 Å². The highest BCUT2D eigenvalue weighted by atomic mass is 19.4. The lowest BCUT2D eigenvalue weighted by Gasteiger charge is -2.25. The van der Waals surface area contributed by atoms with Gasteiger partial charge in [0.25, 0.3) is 0 Å². The number of para-hydroxylation sites is 2. The summed E-state index contributed by atoms with van der Waals surface area (Å²) in [7, 11) is 1.53. The van der Waals surface area contributed by atoms with Crippen LogP contribution < -0.4 is 14.4 Å². The van der Waals surface area contributed by atoms with Crippen molar-refractivity contribution in [1.82, 2.24) is 9.97 Å². The van der Waals surface area contributed by atoms with Crippen LogP contribution in [0.25, 0.3) is 0 Å². The summed E-state index contributed by atoms with van der Waals surface area (Å²) in [6.45, 7) is 6.36. The molecule has 1 aromatic heterocycles. The first-order valence-electron chi connectivity index (χ1n) is 10.3. The van der Waals surface area contributed by atoms with Crippen LogP contribution >= 0.6 is 0 Å². The Kier molecular flexibility index (Phi) is 8.74. The Labute approximate surface area is 176 Å². The first-order chi connectivity index (χ1) is 14.3. The lowest BCUT2D eigenvalue weighted by atomic mass is 10.2. The van der Waals surface area contributed by atoms with Crippen molar-refractivity contribution in [2.24, 2.45) is 0 Å². The van der Waals surface area contributed by atoms with Gasteiger partial charge in [0.1, 0.15) is 11.3 Å². The van der Waals surface area contributed by atoms with E-state index in [4.69, 9.17) is 9.47 Å². The van der Waals surface area contributed by atoms with Crippen molar-refractivity contribution in [1.29, 1.82) is 0 Å². The molecular weight excluding hydrogens is 395 g/mol. The minimum Gasteiger partial charge on any atom is -0.491 e. The fourth-order valence-electron chi connectivity index (χ4n) is 2.81. The number of hydrogen-bond donors (Lipinski definition) is 0. The Bertz CT molecular complexity index is 799. The van der Waals surface area contributed by atoms with E-state index in [-0.39, 0.29) is 17.9 Å². The number of anilines is 2. The zero-order chi connectivity index (χ0) is 22.1. The van der Waals surface area contributed by atoms with Crippen LogP contribution in [0.3, 0.4) is 0 Å². The topological polar surface area (TPSA) is 47.5 Å². The summed E-state index contributed by atoms with van der Waals surface area (Å²) < 4.78 is 52.3. The van der Waals surface area contributed by atoms with Crippen molar-refractivity contribution in [3.05, 3.63) is 36.0 Å². The molecule has 1 unspecified atom stereocenters. The predicted octanol–water partition coefficient (Wildman–Crippen LogP) is 6.40. The van der Waals surface area contributed by atoms with E-state index < -0.39 is 11.7 Å². The quantitative estimate of drug-likeness (QED) is 0.390. The van der Waals surface area contributed by atoms with E-state index in [1.807, 2.05) is 13.8 Å². The van der Waals surface area contributed by atoms with E-state index in [1.54, 1.807) is 24.3 Å². The molecule has 0 N–H and O–H groups in total. The highest BCUT2D eigenvalue weighted by Crippen LogP contribution is 2.40. The molecule has 2 rings (SSSR count). The SMILES string of the molecule is CCCCCCOc1ccccc1N(C)c1nc(OC(C)CC)ncc1C(F)(F)F. The highest BCUT2D eigenvalue weighted by molar-refractivity contribution is 5.68. The number of ether oxygens (including phenoxy) is 2. The number of rotatable bonds is 11. The monoisotopic (exact) mass is 425 g/mol. The number of benzene rings is 1. The van der Waals surface area contributed by atoms with Crippen molar-refractivity contribution in [2.45, 2.75) is 65.2 Å². The van der Waals surface area contributed by atoms with E-state index in [1.165, 1.54) is 11.9 Å². The number of alkyl halides is 3. The van der Waals surface area contributed by atoms with Crippen molar-refractivity contribution in [3.63, 3.8) is 0 Å². The molecule has 1 atom stereocenters. The summed E-state index contributed by atoms with van der Waals surface area (Å²) >= 11 is 0. The molecule has 5 nitrogen and oxygen atoms in total. The van der Waals surface area contributed by atoms with Gasteiger partial charge in [0.15, 0.2) is 5.82 Å². The normalized spacial score (nSPS) is 12.5. The van der Waals surface area contributed by atoms with Crippen molar-refractivity contribution >= 4 is 11.5 Å². The molecule has 0 bridgehead atoms. The van der Waals surface area contributed by atoms with Crippen molar-refractivity contribution in [2.75, 3.05) is 18.6 Å². The lowest BCUT2D eigenvalue weighted by molar-refractivity contribution is -0.137. The summed E-state index contributed by atoms with van der Waals surface area (Å²) in [6, 6.07) is 6.91. The first-order valence-corrected chi connectivity index (χ1v) is 10.3. The number of unbranched alkanes of at least 4 members (excludes halogenated alkanes) is 3. The van der Waals surface area contributed by atoms with Gasteiger partial charge in [-0.15, -0.1) is 0 Å². The van der Waals surface area contributed by atoms with Crippen LogP contribution in [0.2, 0.25) is 0 Å². The molecule has 0 aliphatic heterocycles. The Morgan fingerprint density at radius 3 is 2.50 bits per heavy atom. The molecule has 166 valence electrons. The maximum atomic E-state index is 13.6. The van der Waals surface area contributed by atoms with Crippen molar-refractivity contribution < 1.29 is 22.6 Å². The third-order valence-electron chi connectivity index (χ3n) is 4.73. The molecule has 0 radical (unpaired) electrons. The lowest BCUT2D eigenvalue weighted by Crippen LogP contribution is -2.21. The van der Waals surface area contributed by atoms with E-state index in [0.29, 0.717) is 24.5 Å². The Balaban J connectivity index is 2.34. The Morgan fingerprint density at radius 1 is 1.10 bits per heavy atom.